The summed E-state index contributed by atoms with van der Waals surface area (Å²) in [5.74, 6) is 2.38. The van der Waals surface area contributed by atoms with Crippen molar-refractivity contribution >= 4 is 5.90 Å². The molecule has 0 aliphatic carbocycles. The minimum atomic E-state index is 0.567. The first-order valence-corrected chi connectivity index (χ1v) is 5.27. The van der Waals surface area contributed by atoms with Gasteiger partial charge >= 0.3 is 0 Å². The van der Waals surface area contributed by atoms with Gasteiger partial charge in [-0.1, -0.05) is 0 Å². The molecule has 0 N–H and O–H groups in total. The van der Waals surface area contributed by atoms with Crippen LogP contribution in [0.1, 0.15) is 5.56 Å². The highest BCUT2D eigenvalue weighted by molar-refractivity contribution is 5.96. The maximum absolute atomic E-state index is 5.41. The summed E-state index contributed by atoms with van der Waals surface area (Å²) in [6.07, 6.45) is 0. The second-order valence-corrected chi connectivity index (χ2v) is 3.45. The summed E-state index contributed by atoms with van der Waals surface area (Å²) in [7, 11) is 4.74. The molecule has 0 unspecified atom stereocenters. The molecule has 5 heteroatoms. The Kier molecular flexibility index (Phi) is 3.37. The van der Waals surface area contributed by atoms with Gasteiger partial charge in [-0.3, -0.25) is 0 Å². The lowest BCUT2D eigenvalue weighted by Gasteiger charge is -2.13. The Hall–Kier alpha value is -1.91. The van der Waals surface area contributed by atoms with E-state index in [0.717, 1.165) is 5.56 Å². The minimum Gasteiger partial charge on any atom is -0.493 e. The van der Waals surface area contributed by atoms with Gasteiger partial charge in [0.2, 0.25) is 11.6 Å². The molecule has 0 saturated carbocycles. The molecule has 92 valence electrons. The van der Waals surface area contributed by atoms with Crippen LogP contribution in [0.3, 0.4) is 0 Å². The average molecular weight is 237 g/mol. The molecule has 0 aromatic heterocycles. The molecular formula is C12H15NO4. The SMILES string of the molecule is COc1cc(C2=NCCO2)cc(OC)c1OC. The van der Waals surface area contributed by atoms with Gasteiger partial charge in [0.25, 0.3) is 0 Å². The molecular weight excluding hydrogens is 222 g/mol. The lowest BCUT2D eigenvalue weighted by molar-refractivity contribution is 0.323. The van der Waals surface area contributed by atoms with Crippen molar-refractivity contribution in [2.24, 2.45) is 4.99 Å². The standard InChI is InChI=1S/C12H15NO4/c1-14-9-6-8(12-13-4-5-17-12)7-10(15-2)11(9)16-3/h6-7H,4-5H2,1-3H3. The van der Waals surface area contributed by atoms with Crippen LogP contribution in [0.15, 0.2) is 17.1 Å². The van der Waals surface area contributed by atoms with Crippen LogP contribution in [-0.2, 0) is 4.74 Å². The summed E-state index contributed by atoms with van der Waals surface area (Å²) >= 11 is 0. The lowest BCUT2D eigenvalue weighted by atomic mass is 10.2. The molecule has 1 aliphatic rings. The zero-order valence-electron chi connectivity index (χ0n) is 10.1. The molecule has 1 heterocycles. The molecule has 1 aliphatic heterocycles. The highest BCUT2D eigenvalue weighted by Crippen LogP contribution is 2.38. The van der Waals surface area contributed by atoms with Crippen LogP contribution in [0, 0.1) is 0 Å². The van der Waals surface area contributed by atoms with Gasteiger partial charge in [0.05, 0.1) is 27.9 Å². The Balaban J connectivity index is 2.48. The van der Waals surface area contributed by atoms with E-state index in [1.54, 1.807) is 21.3 Å². The van der Waals surface area contributed by atoms with Crippen molar-refractivity contribution in [1.29, 1.82) is 0 Å². The first-order valence-electron chi connectivity index (χ1n) is 5.27. The van der Waals surface area contributed by atoms with Crippen LogP contribution in [-0.4, -0.2) is 40.4 Å². The summed E-state index contributed by atoms with van der Waals surface area (Å²) in [5, 5.41) is 0. The number of hydrogen-bond acceptors (Lipinski definition) is 5. The van der Waals surface area contributed by atoms with Crippen LogP contribution in [0.4, 0.5) is 0 Å². The summed E-state index contributed by atoms with van der Waals surface area (Å²) < 4.78 is 21.2. The van der Waals surface area contributed by atoms with Gasteiger partial charge in [0.1, 0.15) is 6.61 Å². The summed E-state index contributed by atoms with van der Waals surface area (Å²) in [5.41, 5.74) is 0.831. The van der Waals surface area contributed by atoms with E-state index in [1.807, 2.05) is 12.1 Å². The fraction of sp³-hybridized carbons (Fsp3) is 0.417. The van der Waals surface area contributed by atoms with E-state index in [0.29, 0.717) is 36.3 Å². The second-order valence-electron chi connectivity index (χ2n) is 3.45. The van der Waals surface area contributed by atoms with Crippen LogP contribution >= 0.6 is 0 Å². The van der Waals surface area contributed by atoms with Gasteiger partial charge < -0.3 is 18.9 Å². The number of methoxy groups -OCH3 is 3. The summed E-state index contributed by atoms with van der Waals surface area (Å²) in [4.78, 5) is 4.25. The second kappa shape index (κ2) is 4.95. The Morgan fingerprint density at radius 1 is 1.06 bits per heavy atom. The molecule has 0 radical (unpaired) electrons. The first kappa shape index (κ1) is 11.6. The van der Waals surface area contributed by atoms with E-state index in [-0.39, 0.29) is 0 Å². The van der Waals surface area contributed by atoms with Crippen molar-refractivity contribution in [3.05, 3.63) is 17.7 Å². The van der Waals surface area contributed by atoms with Gasteiger partial charge in [-0.2, -0.15) is 0 Å². The topological polar surface area (TPSA) is 49.3 Å². The number of ether oxygens (including phenoxy) is 4. The molecule has 1 aromatic carbocycles. The Morgan fingerprint density at radius 3 is 2.12 bits per heavy atom. The molecule has 0 fully saturated rings. The van der Waals surface area contributed by atoms with Crippen LogP contribution in [0.25, 0.3) is 0 Å². The van der Waals surface area contributed by atoms with Crippen molar-refractivity contribution in [2.45, 2.75) is 0 Å². The van der Waals surface area contributed by atoms with E-state index in [1.165, 1.54) is 0 Å². The van der Waals surface area contributed by atoms with E-state index in [2.05, 4.69) is 4.99 Å². The molecule has 0 atom stereocenters. The Bertz CT molecular complexity index is 417. The summed E-state index contributed by atoms with van der Waals surface area (Å²) in [6, 6.07) is 3.65. The first-order chi connectivity index (χ1) is 8.30. The number of nitrogens with zero attached hydrogens (tertiary/aromatic N) is 1. The number of aliphatic imine (C=N–C) groups is 1. The normalized spacial score (nSPS) is 13.9. The average Bonchev–Trinajstić information content (AvgIpc) is 2.90. The zero-order chi connectivity index (χ0) is 12.3. The molecule has 0 bridgehead atoms. The minimum absolute atomic E-state index is 0.567. The third kappa shape index (κ3) is 2.13. The maximum Gasteiger partial charge on any atom is 0.216 e. The lowest BCUT2D eigenvalue weighted by Crippen LogP contribution is -2.03. The van der Waals surface area contributed by atoms with Gasteiger partial charge in [-0.15, -0.1) is 0 Å². The van der Waals surface area contributed by atoms with Gasteiger partial charge in [-0.05, 0) is 12.1 Å². The molecule has 17 heavy (non-hydrogen) atoms. The van der Waals surface area contributed by atoms with Crippen molar-refractivity contribution in [3.8, 4) is 17.2 Å². The van der Waals surface area contributed by atoms with Crippen LogP contribution in [0.5, 0.6) is 17.2 Å². The monoisotopic (exact) mass is 237 g/mol. The predicted molar refractivity (Wildman–Crippen MR) is 63.5 cm³/mol. The smallest absolute Gasteiger partial charge is 0.216 e. The zero-order valence-corrected chi connectivity index (χ0v) is 10.1. The van der Waals surface area contributed by atoms with E-state index >= 15 is 0 Å². The fourth-order valence-electron chi connectivity index (χ4n) is 1.71. The molecule has 0 saturated heterocycles. The molecule has 5 nitrogen and oxygen atoms in total. The highest BCUT2D eigenvalue weighted by atomic mass is 16.5. The number of rotatable bonds is 4. The van der Waals surface area contributed by atoms with E-state index in [9.17, 15) is 0 Å². The maximum atomic E-state index is 5.41. The Labute approximate surface area is 100.0 Å². The quantitative estimate of drug-likeness (QED) is 0.796. The molecule has 2 rings (SSSR count). The number of hydrogen-bond donors (Lipinski definition) is 0. The molecule has 0 amide bonds. The Morgan fingerprint density at radius 2 is 1.71 bits per heavy atom. The van der Waals surface area contributed by atoms with Crippen LogP contribution < -0.4 is 14.2 Å². The van der Waals surface area contributed by atoms with E-state index < -0.39 is 0 Å². The molecule has 1 aromatic rings. The molecule has 0 spiro atoms. The van der Waals surface area contributed by atoms with Gasteiger partial charge in [0.15, 0.2) is 11.5 Å². The third-order valence-corrected chi connectivity index (χ3v) is 2.50. The van der Waals surface area contributed by atoms with E-state index in [4.69, 9.17) is 18.9 Å². The van der Waals surface area contributed by atoms with Crippen molar-refractivity contribution < 1.29 is 18.9 Å². The van der Waals surface area contributed by atoms with Gasteiger partial charge in [-0.25, -0.2) is 4.99 Å². The van der Waals surface area contributed by atoms with Crippen molar-refractivity contribution in [1.82, 2.24) is 0 Å². The number of benzene rings is 1. The third-order valence-electron chi connectivity index (χ3n) is 2.50. The van der Waals surface area contributed by atoms with Gasteiger partial charge in [0, 0.05) is 5.56 Å². The highest BCUT2D eigenvalue weighted by Gasteiger charge is 2.18. The summed E-state index contributed by atoms with van der Waals surface area (Å²) in [6.45, 7) is 1.30. The predicted octanol–water partition coefficient (Wildman–Crippen LogP) is 1.49. The fourth-order valence-corrected chi connectivity index (χ4v) is 1.71. The largest absolute Gasteiger partial charge is 0.493 e. The van der Waals surface area contributed by atoms with Crippen molar-refractivity contribution in [3.63, 3.8) is 0 Å². The van der Waals surface area contributed by atoms with Crippen LogP contribution in [0.2, 0.25) is 0 Å². The van der Waals surface area contributed by atoms with Crippen molar-refractivity contribution in [2.75, 3.05) is 34.5 Å².